The minimum atomic E-state index is -0.335. The van der Waals surface area contributed by atoms with Gasteiger partial charge in [0.15, 0.2) is 0 Å². The van der Waals surface area contributed by atoms with Crippen molar-refractivity contribution in [2.45, 2.75) is 6.42 Å². The van der Waals surface area contributed by atoms with Crippen molar-refractivity contribution in [3.05, 3.63) is 71.9 Å². The Kier molecular flexibility index (Phi) is 5.43. The lowest BCUT2D eigenvalue weighted by Gasteiger charge is -2.34. The zero-order chi connectivity index (χ0) is 19.3. The van der Waals surface area contributed by atoms with Gasteiger partial charge in [-0.25, -0.2) is 4.39 Å². The molecular weight excluding hydrogens is 359 g/mol. The maximum Gasteiger partial charge on any atom is 0.253 e. The van der Waals surface area contributed by atoms with E-state index in [4.69, 9.17) is 4.42 Å². The first kappa shape index (κ1) is 18.3. The average Bonchev–Trinajstić information content (AvgIpc) is 3.22. The third-order valence-electron chi connectivity index (χ3n) is 4.88. The summed E-state index contributed by atoms with van der Waals surface area (Å²) in [6.45, 7) is 3.67. The molecule has 2 heterocycles. The van der Waals surface area contributed by atoms with Crippen LogP contribution in [0.4, 0.5) is 4.39 Å². The molecule has 0 radical (unpaired) electrons. The van der Waals surface area contributed by atoms with Crippen molar-refractivity contribution in [1.82, 2.24) is 20.0 Å². The third-order valence-corrected chi connectivity index (χ3v) is 4.88. The summed E-state index contributed by atoms with van der Waals surface area (Å²) in [6, 6.07) is 15.4. The summed E-state index contributed by atoms with van der Waals surface area (Å²) in [4.78, 5) is 16.6. The molecule has 0 saturated carbocycles. The summed E-state index contributed by atoms with van der Waals surface area (Å²) in [7, 11) is 0. The van der Waals surface area contributed by atoms with Gasteiger partial charge in [-0.3, -0.25) is 9.69 Å². The minimum absolute atomic E-state index is 0.0518. The molecule has 7 heteroatoms. The van der Waals surface area contributed by atoms with Crippen molar-refractivity contribution < 1.29 is 13.6 Å². The monoisotopic (exact) mass is 380 g/mol. The predicted molar refractivity (Wildman–Crippen MR) is 102 cm³/mol. The smallest absolute Gasteiger partial charge is 0.253 e. The van der Waals surface area contributed by atoms with E-state index in [9.17, 15) is 9.18 Å². The van der Waals surface area contributed by atoms with Gasteiger partial charge < -0.3 is 9.32 Å². The van der Waals surface area contributed by atoms with Gasteiger partial charge in [-0.1, -0.05) is 18.2 Å². The van der Waals surface area contributed by atoms with E-state index in [1.807, 2.05) is 35.2 Å². The van der Waals surface area contributed by atoms with Crippen molar-refractivity contribution in [2.75, 3.05) is 32.7 Å². The normalized spacial score (nSPS) is 15.0. The third kappa shape index (κ3) is 4.26. The Morgan fingerprint density at radius 3 is 2.39 bits per heavy atom. The molecule has 0 unspecified atom stereocenters. The molecule has 0 spiro atoms. The molecule has 0 aliphatic carbocycles. The number of hydrogen-bond acceptors (Lipinski definition) is 5. The Balaban J connectivity index is 1.26. The average molecular weight is 380 g/mol. The van der Waals surface area contributed by atoms with Crippen LogP contribution in [0.3, 0.4) is 0 Å². The number of carbonyl (C=O) groups excluding carboxylic acids is 1. The lowest BCUT2D eigenvalue weighted by molar-refractivity contribution is 0.0636. The van der Waals surface area contributed by atoms with Crippen LogP contribution in [-0.2, 0) is 6.42 Å². The first-order valence-electron chi connectivity index (χ1n) is 9.34. The topological polar surface area (TPSA) is 62.5 Å². The molecule has 4 rings (SSSR count). The second-order valence-electron chi connectivity index (χ2n) is 6.76. The second-order valence-corrected chi connectivity index (χ2v) is 6.76. The Labute approximate surface area is 162 Å². The molecule has 6 nitrogen and oxygen atoms in total. The van der Waals surface area contributed by atoms with Crippen molar-refractivity contribution >= 4 is 5.91 Å². The van der Waals surface area contributed by atoms with Gasteiger partial charge in [-0.05, 0) is 36.4 Å². The van der Waals surface area contributed by atoms with Crippen LogP contribution in [0, 0.1) is 5.82 Å². The fraction of sp³-hybridized carbons (Fsp3) is 0.286. The van der Waals surface area contributed by atoms with Gasteiger partial charge in [-0.2, -0.15) is 0 Å². The molecule has 1 fully saturated rings. The van der Waals surface area contributed by atoms with Crippen LogP contribution in [0.25, 0.3) is 11.5 Å². The van der Waals surface area contributed by atoms with E-state index < -0.39 is 0 Å². The molecule has 1 aliphatic rings. The van der Waals surface area contributed by atoms with Gasteiger partial charge in [0.05, 0.1) is 0 Å². The molecule has 0 bridgehead atoms. The van der Waals surface area contributed by atoms with Crippen LogP contribution in [0.15, 0.2) is 59.0 Å². The van der Waals surface area contributed by atoms with E-state index in [0.29, 0.717) is 36.9 Å². The minimum Gasteiger partial charge on any atom is -0.421 e. The highest BCUT2D eigenvalue weighted by Gasteiger charge is 2.22. The number of carbonyl (C=O) groups is 1. The number of nitrogens with zero attached hydrogens (tertiary/aromatic N) is 4. The second kappa shape index (κ2) is 8.31. The van der Waals surface area contributed by atoms with Crippen molar-refractivity contribution in [1.29, 1.82) is 0 Å². The van der Waals surface area contributed by atoms with Crippen LogP contribution in [0.5, 0.6) is 0 Å². The Bertz CT molecular complexity index is 919. The number of piperazine rings is 1. The molecular formula is C21H21FN4O2. The van der Waals surface area contributed by atoms with E-state index in [1.165, 1.54) is 24.3 Å². The fourth-order valence-electron chi connectivity index (χ4n) is 3.26. The number of rotatable bonds is 5. The number of amides is 1. The SMILES string of the molecule is O=C(c1ccc(F)cc1)N1CCN(CCc2nnc(-c3ccccc3)o2)CC1. The number of halogens is 1. The molecule has 0 atom stereocenters. The molecule has 1 saturated heterocycles. The van der Waals surface area contributed by atoms with Crippen LogP contribution in [-0.4, -0.2) is 58.6 Å². The van der Waals surface area contributed by atoms with Gasteiger partial charge >= 0.3 is 0 Å². The molecule has 1 amide bonds. The first-order chi connectivity index (χ1) is 13.7. The van der Waals surface area contributed by atoms with Gasteiger partial charge in [0.25, 0.3) is 5.91 Å². The molecule has 144 valence electrons. The lowest BCUT2D eigenvalue weighted by Crippen LogP contribution is -2.49. The summed E-state index contributed by atoms with van der Waals surface area (Å²) < 4.78 is 18.8. The fourth-order valence-corrected chi connectivity index (χ4v) is 3.26. The highest BCUT2D eigenvalue weighted by molar-refractivity contribution is 5.94. The standard InChI is InChI=1S/C21H21FN4O2/c22-18-8-6-17(7-9-18)21(27)26-14-12-25(13-15-26)11-10-19-23-24-20(28-19)16-4-2-1-3-5-16/h1-9H,10-15H2. The van der Waals surface area contributed by atoms with Crippen molar-refractivity contribution in [2.24, 2.45) is 0 Å². The summed E-state index contributed by atoms with van der Waals surface area (Å²) in [5.74, 6) is 0.760. The molecule has 28 heavy (non-hydrogen) atoms. The van der Waals surface area contributed by atoms with Crippen molar-refractivity contribution in [3.8, 4) is 11.5 Å². The quantitative estimate of drug-likeness (QED) is 0.681. The Hall–Kier alpha value is -3.06. The molecule has 1 aliphatic heterocycles. The molecule has 2 aromatic carbocycles. The van der Waals surface area contributed by atoms with E-state index in [2.05, 4.69) is 15.1 Å². The van der Waals surface area contributed by atoms with Gasteiger partial charge in [-0.15, -0.1) is 10.2 Å². The maximum atomic E-state index is 13.0. The number of benzene rings is 2. The van der Waals surface area contributed by atoms with E-state index in [0.717, 1.165) is 25.2 Å². The zero-order valence-corrected chi connectivity index (χ0v) is 15.4. The molecule has 0 N–H and O–H groups in total. The predicted octanol–water partition coefficient (Wildman–Crippen LogP) is 2.88. The number of aromatic nitrogens is 2. The Morgan fingerprint density at radius 2 is 1.68 bits per heavy atom. The summed E-state index contributed by atoms with van der Waals surface area (Å²) in [5, 5.41) is 8.24. The van der Waals surface area contributed by atoms with E-state index >= 15 is 0 Å². The first-order valence-corrected chi connectivity index (χ1v) is 9.34. The Morgan fingerprint density at radius 1 is 0.964 bits per heavy atom. The van der Waals surface area contributed by atoms with E-state index in [-0.39, 0.29) is 11.7 Å². The maximum absolute atomic E-state index is 13.0. The zero-order valence-electron chi connectivity index (χ0n) is 15.4. The van der Waals surface area contributed by atoms with Crippen LogP contribution < -0.4 is 0 Å². The summed E-state index contributed by atoms with van der Waals surface area (Å²) in [5.41, 5.74) is 1.43. The van der Waals surface area contributed by atoms with Gasteiger partial charge in [0, 0.05) is 50.3 Å². The number of hydrogen-bond donors (Lipinski definition) is 0. The highest BCUT2D eigenvalue weighted by Crippen LogP contribution is 2.17. The summed E-state index contributed by atoms with van der Waals surface area (Å²) >= 11 is 0. The molecule has 3 aromatic rings. The van der Waals surface area contributed by atoms with Gasteiger partial charge in [0.2, 0.25) is 11.8 Å². The van der Waals surface area contributed by atoms with Crippen LogP contribution in [0.2, 0.25) is 0 Å². The van der Waals surface area contributed by atoms with Crippen LogP contribution >= 0.6 is 0 Å². The van der Waals surface area contributed by atoms with E-state index in [1.54, 1.807) is 0 Å². The van der Waals surface area contributed by atoms with Crippen molar-refractivity contribution in [3.63, 3.8) is 0 Å². The highest BCUT2D eigenvalue weighted by atomic mass is 19.1. The molecule has 1 aromatic heterocycles. The largest absolute Gasteiger partial charge is 0.421 e. The summed E-state index contributed by atoms with van der Waals surface area (Å²) in [6.07, 6.45) is 0.672. The van der Waals surface area contributed by atoms with Gasteiger partial charge in [0.1, 0.15) is 5.82 Å². The lowest BCUT2D eigenvalue weighted by atomic mass is 10.1. The van der Waals surface area contributed by atoms with Crippen LogP contribution in [0.1, 0.15) is 16.2 Å².